The summed E-state index contributed by atoms with van der Waals surface area (Å²) in [5.74, 6) is -1.96. The molecule has 1 aliphatic heterocycles. The van der Waals surface area contributed by atoms with Gasteiger partial charge in [0.1, 0.15) is 18.1 Å². The molecular formula is C21H38N4O5S. The second kappa shape index (κ2) is 12.9. The lowest BCUT2D eigenvalue weighted by molar-refractivity contribution is -0.143. The van der Waals surface area contributed by atoms with Crippen LogP contribution in [0.15, 0.2) is 0 Å². The first-order valence-corrected chi connectivity index (χ1v) is 12.3. The lowest BCUT2D eigenvalue weighted by atomic mass is 9.97. The van der Waals surface area contributed by atoms with Gasteiger partial charge in [0.05, 0.1) is 6.04 Å². The molecular weight excluding hydrogens is 420 g/mol. The minimum atomic E-state index is -1.10. The number of hydrogen-bond donors (Lipinski definition) is 4. The highest BCUT2D eigenvalue weighted by molar-refractivity contribution is 7.98. The van der Waals surface area contributed by atoms with Crippen molar-refractivity contribution < 1.29 is 24.3 Å². The van der Waals surface area contributed by atoms with Gasteiger partial charge < -0.3 is 26.4 Å². The molecule has 0 aromatic heterocycles. The van der Waals surface area contributed by atoms with Crippen molar-refractivity contribution in [3.63, 3.8) is 0 Å². The Balaban J connectivity index is 2.93. The van der Waals surface area contributed by atoms with Crippen LogP contribution in [0, 0.1) is 11.8 Å². The Kier molecular flexibility index (Phi) is 11.3. The zero-order chi connectivity index (χ0) is 23.7. The molecule has 0 spiro atoms. The Bertz CT molecular complexity index is 645. The maximum atomic E-state index is 13.0. The first kappa shape index (κ1) is 27.2. The van der Waals surface area contributed by atoms with Crippen molar-refractivity contribution in [1.82, 2.24) is 15.5 Å². The maximum absolute atomic E-state index is 13.0. The Morgan fingerprint density at radius 2 is 1.84 bits per heavy atom. The third-order valence-electron chi connectivity index (χ3n) is 5.86. The van der Waals surface area contributed by atoms with E-state index in [2.05, 4.69) is 10.6 Å². The van der Waals surface area contributed by atoms with Gasteiger partial charge in [0.25, 0.3) is 0 Å². The van der Waals surface area contributed by atoms with Gasteiger partial charge in [-0.15, -0.1) is 0 Å². The summed E-state index contributed by atoms with van der Waals surface area (Å²) in [6, 6.07) is -3.26. The fourth-order valence-corrected chi connectivity index (χ4v) is 3.96. The van der Waals surface area contributed by atoms with Crippen LogP contribution in [-0.2, 0) is 19.2 Å². The number of nitrogens with one attached hydrogen (secondary N) is 2. The van der Waals surface area contributed by atoms with Crippen LogP contribution in [0.4, 0.5) is 0 Å². The third kappa shape index (κ3) is 7.68. The van der Waals surface area contributed by atoms with E-state index in [-0.39, 0.29) is 17.7 Å². The van der Waals surface area contributed by atoms with E-state index in [9.17, 15) is 24.3 Å². The van der Waals surface area contributed by atoms with Crippen molar-refractivity contribution in [2.45, 2.75) is 77.5 Å². The van der Waals surface area contributed by atoms with Gasteiger partial charge in [-0.05, 0) is 43.1 Å². The summed E-state index contributed by atoms with van der Waals surface area (Å²) in [5.41, 5.74) is 6.00. The van der Waals surface area contributed by atoms with Gasteiger partial charge in [-0.25, -0.2) is 4.79 Å². The number of likely N-dealkylation sites (tertiary alicyclic amines) is 1. The van der Waals surface area contributed by atoms with Crippen LogP contribution in [0.25, 0.3) is 0 Å². The molecule has 5 unspecified atom stereocenters. The highest BCUT2D eigenvalue weighted by Crippen LogP contribution is 2.21. The molecule has 31 heavy (non-hydrogen) atoms. The molecule has 0 aromatic rings. The number of aliphatic carboxylic acids is 1. The zero-order valence-electron chi connectivity index (χ0n) is 19.2. The van der Waals surface area contributed by atoms with Crippen molar-refractivity contribution in [2.75, 3.05) is 18.6 Å². The van der Waals surface area contributed by atoms with Crippen molar-refractivity contribution >= 4 is 35.5 Å². The van der Waals surface area contributed by atoms with Crippen LogP contribution in [0.2, 0.25) is 0 Å². The topological polar surface area (TPSA) is 142 Å². The van der Waals surface area contributed by atoms with Crippen LogP contribution >= 0.6 is 11.8 Å². The van der Waals surface area contributed by atoms with Crippen molar-refractivity contribution in [2.24, 2.45) is 17.6 Å². The number of nitrogens with two attached hydrogens (primary N) is 1. The van der Waals surface area contributed by atoms with Crippen LogP contribution in [0.1, 0.15) is 53.4 Å². The summed E-state index contributed by atoms with van der Waals surface area (Å²) in [5, 5.41) is 14.7. The van der Waals surface area contributed by atoms with E-state index < -0.39 is 42.0 Å². The summed E-state index contributed by atoms with van der Waals surface area (Å²) in [6.45, 7) is 7.88. The molecule has 0 bridgehead atoms. The summed E-state index contributed by atoms with van der Waals surface area (Å²) in [4.78, 5) is 51.6. The first-order chi connectivity index (χ1) is 14.5. The van der Waals surface area contributed by atoms with Crippen LogP contribution < -0.4 is 16.4 Å². The highest BCUT2D eigenvalue weighted by atomic mass is 32.2. The standard InChI is InChI=1S/C21H38N4O5S/c1-6-13(4)17(19(27)23-14(21(29)30)9-11-31-5)24-18(26)15-8-7-10-25(15)20(28)16(22)12(2)3/h12-17H,6-11,22H2,1-5H3,(H,23,27)(H,24,26)(H,29,30). The molecule has 0 saturated carbocycles. The number of carbonyl (C=O) groups is 4. The minimum absolute atomic E-state index is 0.0512. The van der Waals surface area contributed by atoms with Crippen LogP contribution in [0.3, 0.4) is 0 Å². The van der Waals surface area contributed by atoms with Gasteiger partial charge in [-0.1, -0.05) is 34.1 Å². The third-order valence-corrected chi connectivity index (χ3v) is 6.50. The lowest BCUT2D eigenvalue weighted by Gasteiger charge is -2.31. The molecule has 5 N–H and O–H groups in total. The van der Waals surface area contributed by atoms with E-state index in [0.29, 0.717) is 38.0 Å². The van der Waals surface area contributed by atoms with Gasteiger partial charge in [0.15, 0.2) is 0 Å². The minimum Gasteiger partial charge on any atom is -0.480 e. The Labute approximate surface area is 189 Å². The molecule has 178 valence electrons. The molecule has 1 aliphatic rings. The van der Waals surface area contributed by atoms with Gasteiger partial charge in [0, 0.05) is 6.54 Å². The van der Waals surface area contributed by atoms with E-state index in [1.807, 2.05) is 34.0 Å². The van der Waals surface area contributed by atoms with Gasteiger partial charge in [-0.3, -0.25) is 14.4 Å². The summed E-state index contributed by atoms with van der Waals surface area (Å²) in [6.07, 6.45) is 3.96. The maximum Gasteiger partial charge on any atom is 0.326 e. The van der Waals surface area contributed by atoms with E-state index in [4.69, 9.17) is 5.73 Å². The second-order valence-electron chi connectivity index (χ2n) is 8.51. The Hall–Kier alpha value is -1.81. The van der Waals surface area contributed by atoms with Gasteiger partial charge in [-0.2, -0.15) is 11.8 Å². The molecule has 5 atom stereocenters. The summed E-state index contributed by atoms with van der Waals surface area (Å²) >= 11 is 1.50. The molecule has 0 aliphatic carbocycles. The van der Waals surface area contributed by atoms with Gasteiger partial charge >= 0.3 is 5.97 Å². The number of thioether (sulfide) groups is 1. The van der Waals surface area contributed by atoms with Crippen LogP contribution in [-0.4, -0.2) is 76.4 Å². The molecule has 10 heteroatoms. The predicted octanol–water partition coefficient (Wildman–Crippen LogP) is 0.814. The smallest absolute Gasteiger partial charge is 0.326 e. The second-order valence-corrected chi connectivity index (χ2v) is 9.50. The number of carboxylic acids is 1. The normalized spacial score (nSPS) is 20.1. The SMILES string of the molecule is CCC(C)C(NC(=O)C1CCCN1C(=O)C(N)C(C)C)C(=O)NC(CCSC)C(=O)O. The molecule has 3 amide bonds. The van der Waals surface area contributed by atoms with Crippen LogP contribution in [0.5, 0.6) is 0 Å². The number of carbonyl (C=O) groups excluding carboxylic acids is 3. The predicted molar refractivity (Wildman–Crippen MR) is 121 cm³/mol. The Morgan fingerprint density at radius 3 is 2.35 bits per heavy atom. The number of carboxylic acid groups (broad SMARTS) is 1. The van der Waals surface area contributed by atoms with Gasteiger partial charge in [0.2, 0.25) is 17.7 Å². The van der Waals surface area contributed by atoms with Crippen molar-refractivity contribution in [3.8, 4) is 0 Å². The average Bonchev–Trinajstić information content (AvgIpc) is 3.22. The number of amides is 3. The fourth-order valence-electron chi connectivity index (χ4n) is 3.49. The van der Waals surface area contributed by atoms with E-state index in [1.54, 1.807) is 0 Å². The van der Waals surface area contributed by atoms with E-state index >= 15 is 0 Å². The molecule has 1 saturated heterocycles. The lowest BCUT2D eigenvalue weighted by Crippen LogP contribution is -2.58. The molecule has 0 aromatic carbocycles. The number of rotatable bonds is 12. The number of hydrogen-bond acceptors (Lipinski definition) is 6. The zero-order valence-corrected chi connectivity index (χ0v) is 20.0. The van der Waals surface area contributed by atoms with E-state index in [1.165, 1.54) is 16.7 Å². The molecule has 0 radical (unpaired) electrons. The average molecular weight is 459 g/mol. The fraction of sp³-hybridized carbons (Fsp3) is 0.810. The largest absolute Gasteiger partial charge is 0.480 e. The molecule has 1 heterocycles. The van der Waals surface area contributed by atoms with Crippen molar-refractivity contribution in [3.05, 3.63) is 0 Å². The van der Waals surface area contributed by atoms with Crippen molar-refractivity contribution in [1.29, 1.82) is 0 Å². The number of nitrogens with zero attached hydrogens (tertiary/aromatic N) is 1. The summed E-state index contributed by atoms with van der Waals surface area (Å²) in [7, 11) is 0. The Morgan fingerprint density at radius 1 is 1.19 bits per heavy atom. The highest BCUT2D eigenvalue weighted by Gasteiger charge is 2.39. The molecule has 1 rings (SSSR count). The molecule has 9 nitrogen and oxygen atoms in total. The quantitative estimate of drug-likeness (QED) is 0.339. The summed E-state index contributed by atoms with van der Waals surface area (Å²) < 4.78 is 0. The monoisotopic (exact) mass is 458 g/mol. The first-order valence-electron chi connectivity index (χ1n) is 10.9. The molecule has 1 fully saturated rings. The van der Waals surface area contributed by atoms with E-state index in [0.717, 1.165) is 0 Å².